The highest BCUT2D eigenvalue weighted by Gasteiger charge is 2.36. The van der Waals surface area contributed by atoms with Crippen molar-refractivity contribution in [2.75, 3.05) is 66.3 Å². The first-order chi connectivity index (χ1) is 13.3. The summed E-state index contributed by atoms with van der Waals surface area (Å²) in [6, 6.07) is 0. The molecule has 1 aliphatic rings. The smallest absolute Gasteiger partial charge is 0.279 e. The van der Waals surface area contributed by atoms with Gasteiger partial charge in [-0.1, -0.05) is 6.92 Å². The van der Waals surface area contributed by atoms with Crippen LogP contribution in [0.1, 0.15) is 19.8 Å². The Morgan fingerprint density at radius 3 is 2.18 bits per heavy atom. The largest absolute Gasteiger partial charge is 0.378 e. The predicted molar refractivity (Wildman–Crippen MR) is 112 cm³/mol. The minimum Gasteiger partial charge on any atom is -0.378 e. The van der Waals surface area contributed by atoms with E-state index in [4.69, 9.17) is 43.1 Å². The molecule has 0 aromatic heterocycles. The van der Waals surface area contributed by atoms with Crippen LogP contribution < -0.4 is 10.5 Å². The SMILES string of the molecule is CC1CC(Cl)CC(Cl)C1CN(C)S(=O)(=O)NCCOCCOCCOCCN. The summed E-state index contributed by atoms with van der Waals surface area (Å²) in [7, 11) is -2.01. The number of ether oxygens (including phenoxy) is 3. The molecule has 11 heteroatoms. The van der Waals surface area contributed by atoms with Crippen LogP contribution in [-0.2, 0) is 24.4 Å². The molecule has 0 aromatic carbocycles. The maximum absolute atomic E-state index is 12.4. The first kappa shape index (κ1) is 26.3. The van der Waals surface area contributed by atoms with Crippen LogP contribution in [0.25, 0.3) is 0 Å². The molecule has 0 heterocycles. The molecule has 4 atom stereocenters. The molecule has 0 amide bonds. The van der Waals surface area contributed by atoms with Gasteiger partial charge in [0.25, 0.3) is 10.2 Å². The molecule has 0 aliphatic heterocycles. The van der Waals surface area contributed by atoms with Crippen molar-refractivity contribution in [2.45, 2.75) is 30.5 Å². The van der Waals surface area contributed by atoms with E-state index in [-0.39, 0.29) is 35.7 Å². The Labute approximate surface area is 179 Å². The lowest BCUT2D eigenvalue weighted by atomic mass is 9.80. The summed E-state index contributed by atoms with van der Waals surface area (Å²) < 4.78 is 44.5. The number of halogens is 2. The van der Waals surface area contributed by atoms with Crippen molar-refractivity contribution in [2.24, 2.45) is 17.6 Å². The molecule has 3 N–H and O–H groups in total. The monoisotopic (exact) mass is 463 g/mol. The third kappa shape index (κ3) is 10.4. The standard InChI is InChI=1S/C17H35Cl2N3O5S/c1-14-11-15(18)12-17(19)16(14)13-22(2)28(23,24)21-4-6-26-8-10-27-9-7-25-5-3-20/h14-17,21H,3-13,20H2,1-2H3. The van der Waals surface area contributed by atoms with Gasteiger partial charge in [-0.2, -0.15) is 17.4 Å². The summed E-state index contributed by atoms with van der Waals surface area (Å²) in [6.07, 6.45) is 1.56. The van der Waals surface area contributed by atoms with E-state index < -0.39 is 10.2 Å². The molecule has 0 spiro atoms. The molecule has 0 aromatic rings. The Hall–Kier alpha value is 0.290. The second-order valence-corrected chi connectivity index (χ2v) is 10.1. The minimum absolute atomic E-state index is 0.0633. The van der Waals surface area contributed by atoms with Gasteiger partial charge in [-0.15, -0.1) is 23.2 Å². The first-order valence-corrected chi connectivity index (χ1v) is 12.0. The summed E-state index contributed by atoms with van der Waals surface area (Å²) in [6.45, 7) is 5.72. The summed E-state index contributed by atoms with van der Waals surface area (Å²) in [4.78, 5) is 0. The summed E-state index contributed by atoms with van der Waals surface area (Å²) in [5, 5.41) is -0.0543. The lowest BCUT2D eigenvalue weighted by Gasteiger charge is -2.37. The summed E-state index contributed by atoms with van der Waals surface area (Å²) >= 11 is 12.6. The molecule has 1 rings (SSSR count). The lowest BCUT2D eigenvalue weighted by Crippen LogP contribution is -2.46. The lowest BCUT2D eigenvalue weighted by molar-refractivity contribution is 0.0171. The van der Waals surface area contributed by atoms with Gasteiger partial charge in [0.1, 0.15) is 0 Å². The normalized spacial score (nSPS) is 26.1. The molecule has 0 radical (unpaired) electrons. The summed E-state index contributed by atoms with van der Waals surface area (Å²) in [5.74, 6) is 0.362. The average Bonchev–Trinajstić information content (AvgIpc) is 2.62. The zero-order valence-electron chi connectivity index (χ0n) is 16.8. The molecular formula is C17H35Cl2N3O5S. The van der Waals surface area contributed by atoms with Gasteiger partial charge in [-0.3, -0.25) is 0 Å². The Bertz CT molecular complexity index is 503. The predicted octanol–water partition coefficient (Wildman–Crippen LogP) is 1.02. The van der Waals surface area contributed by atoms with E-state index in [0.717, 1.165) is 6.42 Å². The molecule has 4 unspecified atom stereocenters. The number of nitrogens with zero attached hydrogens (tertiary/aromatic N) is 1. The zero-order valence-corrected chi connectivity index (χ0v) is 19.1. The second-order valence-electron chi connectivity index (χ2n) is 7.03. The highest BCUT2D eigenvalue weighted by Crippen LogP contribution is 2.36. The molecule has 1 fully saturated rings. The van der Waals surface area contributed by atoms with Gasteiger partial charge in [0.2, 0.25) is 0 Å². The van der Waals surface area contributed by atoms with Gasteiger partial charge >= 0.3 is 0 Å². The molecule has 1 saturated carbocycles. The van der Waals surface area contributed by atoms with Crippen LogP contribution in [-0.4, -0.2) is 89.8 Å². The van der Waals surface area contributed by atoms with Crippen molar-refractivity contribution in [3.8, 4) is 0 Å². The van der Waals surface area contributed by atoms with Crippen LogP contribution in [0.2, 0.25) is 0 Å². The van der Waals surface area contributed by atoms with E-state index in [1.54, 1.807) is 7.05 Å². The fraction of sp³-hybridized carbons (Fsp3) is 1.00. The average molecular weight is 464 g/mol. The van der Waals surface area contributed by atoms with Crippen molar-refractivity contribution in [3.05, 3.63) is 0 Å². The van der Waals surface area contributed by atoms with E-state index in [2.05, 4.69) is 11.6 Å². The molecule has 28 heavy (non-hydrogen) atoms. The number of nitrogens with two attached hydrogens (primary N) is 1. The van der Waals surface area contributed by atoms with E-state index in [0.29, 0.717) is 52.5 Å². The van der Waals surface area contributed by atoms with Gasteiger partial charge in [0.05, 0.1) is 39.6 Å². The van der Waals surface area contributed by atoms with Gasteiger partial charge in [0, 0.05) is 37.4 Å². The van der Waals surface area contributed by atoms with Gasteiger partial charge < -0.3 is 19.9 Å². The van der Waals surface area contributed by atoms with Crippen molar-refractivity contribution in [1.29, 1.82) is 0 Å². The maximum Gasteiger partial charge on any atom is 0.279 e. The Kier molecular flexibility index (Phi) is 13.5. The van der Waals surface area contributed by atoms with Gasteiger partial charge in [0.15, 0.2) is 0 Å². The third-order valence-corrected chi connectivity index (χ3v) is 7.12. The number of rotatable bonds is 15. The first-order valence-electron chi connectivity index (χ1n) is 9.70. The second kappa shape index (κ2) is 14.3. The molecule has 1 aliphatic carbocycles. The summed E-state index contributed by atoms with van der Waals surface area (Å²) in [5.41, 5.74) is 5.30. The Morgan fingerprint density at radius 2 is 1.61 bits per heavy atom. The van der Waals surface area contributed by atoms with Crippen LogP contribution in [0.5, 0.6) is 0 Å². The Balaban J connectivity index is 2.16. The van der Waals surface area contributed by atoms with Gasteiger partial charge in [-0.25, -0.2) is 0 Å². The number of alkyl halides is 2. The topological polar surface area (TPSA) is 103 Å². The van der Waals surface area contributed by atoms with E-state index >= 15 is 0 Å². The highest BCUT2D eigenvalue weighted by atomic mass is 35.5. The fourth-order valence-corrected chi connectivity index (χ4v) is 5.15. The third-order valence-electron chi connectivity index (χ3n) is 4.72. The van der Waals surface area contributed by atoms with Crippen LogP contribution in [0.4, 0.5) is 0 Å². The minimum atomic E-state index is -3.58. The molecule has 0 saturated heterocycles. The maximum atomic E-state index is 12.4. The van der Waals surface area contributed by atoms with Crippen molar-refractivity contribution in [1.82, 2.24) is 9.03 Å². The number of hydrogen-bond acceptors (Lipinski definition) is 6. The van der Waals surface area contributed by atoms with Gasteiger partial charge in [-0.05, 0) is 24.7 Å². The van der Waals surface area contributed by atoms with Crippen LogP contribution in [0.3, 0.4) is 0 Å². The quantitative estimate of drug-likeness (QED) is 0.277. The molecule has 168 valence electrons. The van der Waals surface area contributed by atoms with E-state index in [9.17, 15) is 8.42 Å². The molecule has 8 nitrogen and oxygen atoms in total. The number of nitrogens with one attached hydrogen (secondary N) is 1. The molecular weight excluding hydrogens is 429 g/mol. The highest BCUT2D eigenvalue weighted by molar-refractivity contribution is 7.87. The van der Waals surface area contributed by atoms with Crippen molar-refractivity contribution >= 4 is 33.4 Å². The van der Waals surface area contributed by atoms with Crippen LogP contribution in [0, 0.1) is 11.8 Å². The Morgan fingerprint density at radius 1 is 1.04 bits per heavy atom. The van der Waals surface area contributed by atoms with E-state index in [1.165, 1.54) is 4.31 Å². The fourth-order valence-electron chi connectivity index (χ4n) is 3.12. The van der Waals surface area contributed by atoms with Crippen molar-refractivity contribution in [3.63, 3.8) is 0 Å². The van der Waals surface area contributed by atoms with Crippen LogP contribution >= 0.6 is 23.2 Å². The van der Waals surface area contributed by atoms with Crippen molar-refractivity contribution < 1.29 is 22.6 Å². The molecule has 0 bridgehead atoms. The van der Waals surface area contributed by atoms with E-state index in [1.807, 2.05) is 0 Å². The zero-order chi connectivity index (χ0) is 21.0. The number of hydrogen-bond donors (Lipinski definition) is 2. The van der Waals surface area contributed by atoms with Crippen LogP contribution in [0.15, 0.2) is 0 Å².